The number of halogens is 2. The van der Waals surface area contributed by atoms with Crippen molar-refractivity contribution in [2.45, 2.75) is 52.1 Å². The second-order valence-corrected chi connectivity index (χ2v) is 10.7. The molecular formula is C30H34BrClN4O3. The fourth-order valence-electron chi connectivity index (χ4n) is 5.32. The van der Waals surface area contributed by atoms with E-state index in [1.165, 1.54) is 0 Å². The predicted octanol–water partition coefficient (Wildman–Crippen LogP) is 5.43. The molecule has 0 radical (unpaired) electrons. The first kappa shape index (κ1) is 29.2. The van der Waals surface area contributed by atoms with Gasteiger partial charge in [-0.2, -0.15) is 0 Å². The number of benzene rings is 1. The fraction of sp³-hybridized carbons (Fsp3) is 0.400. The molecule has 1 saturated heterocycles. The molecule has 2 unspecified atom stereocenters. The number of esters is 1. The zero-order valence-corrected chi connectivity index (χ0v) is 24.9. The lowest BCUT2D eigenvalue weighted by molar-refractivity contribution is -0.155. The van der Waals surface area contributed by atoms with Crippen molar-refractivity contribution in [2.75, 3.05) is 26.2 Å². The van der Waals surface area contributed by atoms with Crippen molar-refractivity contribution in [3.63, 3.8) is 0 Å². The van der Waals surface area contributed by atoms with Gasteiger partial charge < -0.3 is 9.64 Å². The van der Waals surface area contributed by atoms with Crippen LogP contribution in [0.4, 0.5) is 0 Å². The van der Waals surface area contributed by atoms with E-state index in [1.54, 1.807) is 30.4 Å². The molecule has 1 fully saturated rings. The van der Waals surface area contributed by atoms with E-state index < -0.39 is 6.04 Å². The van der Waals surface area contributed by atoms with Crippen molar-refractivity contribution >= 4 is 39.4 Å². The summed E-state index contributed by atoms with van der Waals surface area (Å²) in [5.41, 5.74) is 5.13. The lowest BCUT2D eigenvalue weighted by Gasteiger charge is -2.44. The van der Waals surface area contributed by atoms with E-state index in [1.807, 2.05) is 44.2 Å². The lowest BCUT2D eigenvalue weighted by Crippen LogP contribution is -2.59. The Morgan fingerprint density at radius 2 is 1.90 bits per heavy atom. The summed E-state index contributed by atoms with van der Waals surface area (Å²) in [4.78, 5) is 39.4. The Morgan fingerprint density at radius 1 is 1.10 bits per heavy atom. The van der Waals surface area contributed by atoms with Crippen LogP contribution in [0, 0.1) is 0 Å². The highest BCUT2D eigenvalue weighted by atomic mass is 79.9. The third kappa shape index (κ3) is 6.68. The molecule has 39 heavy (non-hydrogen) atoms. The van der Waals surface area contributed by atoms with E-state index in [0.29, 0.717) is 18.1 Å². The summed E-state index contributed by atoms with van der Waals surface area (Å²) < 4.78 is 6.43. The van der Waals surface area contributed by atoms with E-state index in [2.05, 4.69) is 31.9 Å². The van der Waals surface area contributed by atoms with Crippen molar-refractivity contribution < 1.29 is 14.3 Å². The minimum Gasteiger partial charge on any atom is -0.465 e. The highest BCUT2D eigenvalue weighted by Crippen LogP contribution is 2.39. The Bertz CT molecular complexity index is 1250. The van der Waals surface area contributed by atoms with Gasteiger partial charge in [-0.05, 0) is 82.2 Å². The van der Waals surface area contributed by atoms with E-state index in [-0.39, 0.29) is 37.5 Å². The molecule has 0 bridgehead atoms. The molecule has 1 amide bonds. The quantitative estimate of drug-likeness (QED) is 0.358. The number of hydrogen-bond acceptors (Lipinski definition) is 6. The zero-order valence-electron chi connectivity index (χ0n) is 22.6. The van der Waals surface area contributed by atoms with Crippen LogP contribution in [0.25, 0.3) is 0 Å². The molecule has 2 atom stereocenters. The Labute approximate surface area is 243 Å². The maximum Gasteiger partial charge on any atom is 0.325 e. The maximum absolute atomic E-state index is 13.3. The first-order chi connectivity index (χ1) is 18.9. The Kier molecular flexibility index (Phi) is 10.1. The molecule has 3 aromatic rings. The molecular weight excluding hydrogens is 580 g/mol. The number of piperazine rings is 1. The van der Waals surface area contributed by atoms with Crippen LogP contribution in [0.2, 0.25) is 5.02 Å². The second-order valence-electron chi connectivity index (χ2n) is 9.33. The molecule has 0 N–H and O–H groups in total. The number of fused-ring (bicyclic) bond motifs is 2. The molecule has 5 rings (SSSR count). The van der Waals surface area contributed by atoms with E-state index in [4.69, 9.17) is 21.3 Å². The molecule has 1 aliphatic carbocycles. The third-order valence-electron chi connectivity index (χ3n) is 7.03. The van der Waals surface area contributed by atoms with Gasteiger partial charge in [0.05, 0.1) is 24.8 Å². The Morgan fingerprint density at radius 3 is 2.64 bits per heavy atom. The van der Waals surface area contributed by atoms with Crippen LogP contribution >= 0.6 is 27.5 Å². The van der Waals surface area contributed by atoms with Crippen LogP contribution in [0.15, 0.2) is 59.5 Å². The second kappa shape index (κ2) is 13.5. The summed E-state index contributed by atoms with van der Waals surface area (Å²) in [6.45, 7) is 7.33. The SMILES string of the molecule is CC.CCOC(=O)C1CN(C(=O)Cc2cccnc2)CCN1C1c2ccc(Cl)cc2CCc2cc(Br)cnc21. The number of aromatic nitrogens is 2. The lowest BCUT2D eigenvalue weighted by atomic mass is 9.94. The molecule has 0 spiro atoms. The number of carbonyl (C=O) groups excluding carboxylic acids is 2. The summed E-state index contributed by atoms with van der Waals surface area (Å²) >= 11 is 9.95. The van der Waals surface area contributed by atoms with Crippen molar-refractivity contribution in [3.8, 4) is 0 Å². The van der Waals surface area contributed by atoms with Gasteiger partial charge in [0.25, 0.3) is 0 Å². The van der Waals surface area contributed by atoms with Crippen LogP contribution in [-0.2, 0) is 33.6 Å². The number of ether oxygens (including phenoxy) is 1. The van der Waals surface area contributed by atoms with Gasteiger partial charge in [0.2, 0.25) is 5.91 Å². The minimum atomic E-state index is -0.628. The topological polar surface area (TPSA) is 75.6 Å². The third-order valence-corrected chi connectivity index (χ3v) is 7.70. The number of hydrogen-bond donors (Lipinski definition) is 0. The van der Waals surface area contributed by atoms with Crippen LogP contribution in [0.3, 0.4) is 0 Å². The maximum atomic E-state index is 13.3. The smallest absolute Gasteiger partial charge is 0.325 e. The average molecular weight is 614 g/mol. The first-order valence-corrected chi connectivity index (χ1v) is 14.6. The largest absolute Gasteiger partial charge is 0.465 e. The van der Waals surface area contributed by atoms with Gasteiger partial charge in [-0.3, -0.25) is 24.5 Å². The van der Waals surface area contributed by atoms with Gasteiger partial charge in [-0.1, -0.05) is 37.6 Å². The molecule has 9 heteroatoms. The molecule has 2 aliphatic rings. The minimum absolute atomic E-state index is 0.0301. The van der Waals surface area contributed by atoms with Crippen molar-refractivity contribution in [3.05, 3.63) is 92.4 Å². The predicted molar refractivity (Wildman–Crippen MR) is 156 cm³/mol. The highest BCUT2D eigenvalue weighted by molar-refractivity contribution is 9.10. The number of aryl methyl sites for hydroxylation is 2. The Balaban J connectivity index is 0.00000172. The van der Waals surface area contributed by atoms with Crippen LogP contribution in [-0.4, -0.2) is 63.9 Å². The zero-order chi connectivity index (χ0) is 27.9. The van der Waals surface area contributed by atoms with Gasteiger partial charge >= 0.3 is 5.97 Å². The summed E-state index contributed by atoms with van der Waals surface area (Å²) in [6.07, 6.45) is 7.08. The number of pyridine rings is 2. The van der Waals surface area contributed by atoms with E-state index >= 15 is 0 Å². The van der Waals surface area contributed by atoms with Crippen molar-refractivity contribution in [1.29, 1.82) is 0 Å². The number of rotatable bonds is 5. The molecule has 1 aromatic carbocycles. The molecule has 1 aliphatic heterocycles. The van der Waals surface area contributed by atoms with Crippen molar-refractivity contribution in [2.24, 2.45) is 0 Å². The number of amides is 1. The highest BCUT2D eigenvalue weighted by Gasteiger charge is 2.42. The van der Waals surface area contributed by atoms with Crippen LogP contribution in [0.1, 0.15) is 54.8 Å². The summed E-state index contributed by atoms with van der Waals surface area (Å²) in [7, 11) is 0. The normalized spacial score (nSPS) is 18.6. The molecule has 2 aromatic heterocycles. The van der Waals surface area contributed by atoms with Crippen molar-refractivity contribution in [1.82, 2.24) is 19.8 Å². The summed E-state index contributed by atoms with van der Waals surface area (Å²) in [5.74, 6) is -0.364. The molecule has 7 nitrogen and oxygen atoms in total. The molecule has 0 saturated carbocycles. The number of nitrogens with zero attached hydrogens (tertiary/aromatic N) is 4. The summed E-state index contributed by atoms with van der Waals surface area (Å²) in [6, 6.07) is 10.9. The molecule has 206 valence electrons. The van der Waals surface area contributed by atoms with E-state index in [9.17, 15) is 9.59 Å². The van der Waals surface area contributed by atoms with Gasteiger partial charge in [-0.25, -0.2) is 0 Å². The fourth-order valence-corrected chi connectivity index (χ4v) is 5.89. The van der Waals surface area contributed by atoms with Gasteiger partial charge in [0.15, 0.2) is 0 Å². The number of carbonyl (C=O) groups is 2. The molecule has 3 heterocycles. The monoisotopic (exact) mass is 612 g/mol. The van der Waals surface area contributed by atoms with Gasteiger partial charge in [0.1, 0.15) is 6.04 Å². The summed E-state index contributed by atoms with van der Waals surface area (Å²) in [5, 5.41) is 0.686. The van der Waals surface area contributed by atoms with Gasteiger partial charge in [0, 0.05) is 47.7 Å². The van der Waals surface area contributed by atoms with Crippen LogP contribution < -0.4 is 0 Å². The van der Waals surface area contributed by atoms with E-state index in [0.717, 1.165) is 45.3 Å². The average Bonchev–Trinajstić information content (AvgIpc) is 3.10. The Hall–Kier alpha value is -2.81. The van der Waals surface area contributed by atoms with Gasteiger partial charge in [-0.15, -0.1) is 0 Å². The first-order valence-electron chi connectivity index (χ1n) is 13.5. The van der Waals surface area contributed by atoms with Crippen LogP contribution in [0.5, 0.6) is 0 Å². The standard InChI is InChI=1S/C28H28BrClN4O3.C2H6/c1-2-37-28(36)24-17-33(25(35)12-18-4-3-9-31-15-18)10-11-34(24)27-23-8-7-22(30)14-19(23)5-6-20-13-21(29)16-32-26(20)27;1-2/h3-4,7-9,13-16,24,27H,2,5-6,10-12,17H2,1H3;1-2H3.